The van der Waals surface area contributed by atoms with Crippen molar-refractivity contribution >= 4 is 46.6 Å². The normalized spacial score (nSPS) is 13.9. The van der Waals surface area contributed by atoms with Crippen LogP contribution in [-0.4, -0.2) is 42.3 Å². The van der Waals surface area contributed by atoms with Crippen molar-refractivity contribution in [2.45, 2.75) is 0 Å². The van der Waals surface area contributed by atoms with Crippen LogP contribution in [0.3, 0.4) is 0 Å². The maximum Gasteiger partial charge on any atom is 0.313 e. The molecule has 6 nitrogen and oxygen atoms in total. The lowest BCUT2D eigenvalue weighted by Gasteiger charge is -2.25. The van der Waals surface area contributed by atoms with Gasteiger partial charge in [0.1, 0.15) is 6.54 Å². The number of nitrogens with one attached hydrogen (secondary N) is 2. The average Bonchev–Trinajstić information content (AvgIpc) is 2.63. The van der Waals surface area contributed by atoms with Gasteiger partial charge in [0.15, 0.2) is 0 Å². The van der Waals surface area contributed by atoms with E-state index in [0.29, 0.717) is 28.8 Å². The first kappa shape index (κ1) is 18.2. The standard InChI is InChI=1S/C18H15Cl2N3O3/c19-14-5-4-12(9-15(14)20)11-2-1-3-13(8-11)22-17(25)18(26)23-7-6-21-16(24)10-23/h1-5,8-9H,6-7,10H2,(H,21,24)(H,22,25). The molecule has 3 amide bonds. The molecule has 2 aromatic rings. The van der Waals surface area contributed by atoms with E-state index >= 15 is 0 Å². The van der Waals surface area contributed by atoms with Gasteiger partial charge in [-0.05, 0) is 35.4 Å². The predicted molar refractivity (Wildman–Crippen MR) is 100 cm³/mol. The van der Waals surface area contributed by atoms with Crippen LogP contribution < -0.4 is 10.6 Å². The van der Waals surface area contributed by atoms with Gasteiger partial charge in [0.2, 0.25) is 5.91 Å². The summed E-state index contributed by atoms with van der Waals surface area (Å²) in [5, 5.41) is 6.06. The number of carbonyl (C=O) groups is 3. The molecule has 134 valence electrons. The van der Waals surface area contributed by atoms with Crippen molar-refractivity contribution in [3.63, 3.8) is 0 Å². The highest BCUT2D eigenvalue weighted by Crippen LogP contribution is 2.29. The molecule has 3 rings (SSSR count). The summed E-state index contributed by atoms with van der Waals surface area (Å²) in [7, 11) is 0. The van der Waals surface area contributed by atoms with E-state index < -0.39 is 11.8 Å². The summed E-state index contributed by atoms with van der Waals surface area (Å²) in [5.41, 5.74) is 2.11. The maximum absolute atomic E-state index is 12.2. The van der Waals surface area contributed by atoms with E-state index in [0.717, 1.165) is 11.1 Å². The third-order valence-corrected chi connectivity index (χ3v) is 4.63. The summed E-state index contributed by atoms with van der Waals surface area (Å²) in [6, 6.07) is 12.2. The van der Waals surface area contributed by atoms with Crippen molar-refractivity contribution < 1.29 is 14.4 Å². The lowest BCUT2D eigenvalue weighted by Crippen LogP contribution is -2.52. The van der Waals surface area contributed by atoms with Gasteiger partial charge in [-0.25, -0.2) is 0 Å². The molecule has 1 saturated heterocycles. The fraction of sp³-hybridized carbons (Fsp3) is 0.167. The molecule has 0 radical (unpaired) electrons. The molecule has 0 saturated carbocycles. The van der Waals surface area contributed by atoms with Crippen molar-refractivity contribution in [1.82, 2.24) is 10.2 Å². The summed E-state index contributed by atoms with van der Waals surface area (Å²) in [4.78, 5) is 37.0. The number of carbonyl (C=O) groups excluding carboxylic acids is 3. The Morgan fingerprint density at radius 2 is 1.81 bits per heavy atom. The van der Waals surface area contributed by atoms with Gasteiger partial charge in [-0.3, -0.25) is 14.4 Å². The number of hydrogen-bond acceptors (Lipinski definition) is 3. The van der Waals surface area contributed by atoms with Gasteiger partial charge in [0.05, 0.1) is 10.0 Å². The molecular weight excluding hydrogens is 377 g/mol. The van der Waals surface area contributed by atoms with E-state index in [-0.39, 0.29) is 12.5 Å². The van der Waals surface area contributed by atoms with E-state index in [9.17, 15) is 14.4 Å². The van der Waals surface area contributed by atoms with Crippen LogP contribution in [0.15, 0.2) is 42.5 Å². The van der Waals surface area contributed by atoms with E-state index in [4.69, 9.17) is 23.2 Å². The minimum Gasteiger partial charge on any atom is -0.353 e. The summed E-state index contributed by atoms with van der Waals surface area (Å²) in [6.45, 7) is 0.529. The van der Waals surface area contributed by atoms with Gasteiger partial charge in [-0.2, -0.15) is 0 Å². The molecule has 0 spiro atoms. The van der Waals surface area contributed by atoms with Crippen LogP contribution in [0.2, 0.25) is 10.0 Å². The lowest BCUT2D eigenvalue weighted by molar-refractivity contribution is -0.145. The second kappa shape index (κ2) is 7.76. The molecule has 0 unspecified atom stereocenters. The Labute approximate surface area is 160 Å². The number of hydrogen-bond donors (Lipinski definition) is 2. The van der Waals surface area contributed by atoms with Crippen molar-refractivity contribution in [2.24, 2.45) is 0 Å². The molecule has 1 aliphatic rings. The second-order valence-electron chi connectivity index (χ2n) is 5.74. The zero-order valence-corrected chi connectivity index (χ0v) is 15.1. The van der Waals surface area contributed by atoms with Gasteiger partial charge >= 0.3 is 11.8 Å². The minimum absolute atomic E-state index is 0.116. The van der Waals surface area contributed by atoms with Crippen LogP contribution in [0.25, 0.3) is 11.1 Å². The van der Waals surface area contributed by atoms with E-state index in [1.165, 1.54) is 4.90 Å². The Kier molecular flexibility index (Phi) is 5.44. The Bertz CT molecular complexity index is 886. The SMILES string of the molecule is O=C1CN(C(=O)C(=O)Nc2cccc(-c3ccc(Cl)c(Cl)c3)c2)CCN1. The summed E-state index contributed by atoms with van der Waals surface area (Å²) in [5.74, 6) is -1.80. The molecule has 2 N–H and O–H groups in total. The fourth-order valence-electron chi connectivity index (χ4n) is 2.59. The maximum atomic E-state index is 12.2. The highest BCUT2D eigenvalue weighted by molar-refractivity contribution is 6.42. The van der Waals surface area contributed by atoms with Crippen molar-refractivity contribution in [1.29, 1.82) is 0 Å². The Morgan fingerprint density at radius 3 is 2.54 bits per heavy atom. The molecule has 0 aliphatic carbocycles. The molecule has 26 heavy (non-hydrogen) atoms. The molecular formula is C18H15Cl2N3O3. The molecule has 0 aromatic heterocycles. The first-order chi connectivity index (χ1) is 12.4. The Hall–Kier alpha value is -2.57. The monoisotopic (exact) mass is 391 g/mol. The molecule has 1 aliphatic heterocycles. The third kappa shape index (κ3) is 4.15. The molecule has 2 aromatic carbocycles. The van der Waals surface area contributed by atoms with E-state index in [1.54, 1.807) is 30.3 Å². The number of benzene rings is 2. The van der Waals surface area contributed by atoms with Crippen LogP contribution in [0.4, 0.5) is 5.69 Å². The average molecular weight is 392 g/mol. The zero-order chi connectivity index (χ0) is 18.7. The number of piperazine rings is 1. The number of amides is 3. The van der Waals surface area contributed by atoms with Crippen molar-refractivity contribution in [2.75, 3.05) is 25.0 Å². The first-order valence-electron chi connectivity index (χ1n) is 7.86. The third-order valence-electron chi connectivity index (χ3n) is 3.89. The first-order valence-corrected chi connectivity index (χ1v) is 8.62. The van der Waals surface area contributed by atoms with Crippen molar-refractivity contribution in [3.8, 4) is 11.1 Å². The molecule has 8 heteroatoms. The number of anilines is 1. The smallest absolute Gasteiger partial charge is 0.313 e. The van der Waals surface area contributed by atoms with Crippen LogP contribution in [0, 0.1) is 0 Å². The van der Waals surface area contributed by atoms with Gasteiger partial charge in [-0.1, -0.05) is 41.4 Å². The fourth-order valence-corrected chi connectivity index (χ4v) is 2.89. The van der Waals surface area contributed by atoms with Gasteiger partial charge in [0.25, 0.3) is 0 Å². The second-order valence-corrected chi connectivity index (χ2v) is 6.55. The highest BCUT2D eigenvalue weighted by atomic mass is 35.5. The number of halogens is 2. The van der Waals surface area contributed by atoms with Crippen LogP contribution in [-0.2, 0) is 14.4 Å². The Morgan fingerprint density at radius 1 is 1.04 bits per heavy atom. The number of nitrogens with zero attached hydrogens (tertiary/aromatic N) is 1. The van der Waals surface area contributed by atoms with Crippen LogP contribution in [0.1, 0.15) is 0 Å². The lowest BCUT2D eigenvalue weighted by atomic mass is 10.1. The largest absolute Gasteiger partial charge is 0.353 e. The Balaban J connectivity index is 1.73. The van der Waals surface area contributed by atoms with Gasteiger partial charge in [-0.15, -0.1) is 0 Å². The molecule has 1 fully saturated rings. The highest BCUT2D eigenvalue weighted by Gasteiger charge is 2.26. The predicted octanol–water partition coefficient (Wildman–Crippen LogP) is 2.56. The van der Waals surface area contributed by atoms with E-state index in [2.05, 4.69) is 10.6 Å². The van der Waals surface area contributed by atoms with Gasteiger partial charge in [0, 0.05) is 18.8 Å². The van der Waals surface area contributed by atoms with E-state index in [1.807, 2.05) is 12.1 Å². The summed E-state index contributed by atoms with van der Waals surface area (Å²) in [6.07, 6.45) is 0. The molecule has 0 bridgehead atoms. The van der Waals surface area contributed by atoms with Gasteiger partial charge < -0.3 is 15.5 Å². The molecule has 1 heterocycles. The number of rotatable bonds is 2. The van der Waals surface area contributed by atoms with Crippen molar-refractivity contribution in [3.05, 3.63) is 52.5 Å². The summed E-state index contributed by atoms with van der Waals surface area (Å²) < 4.78 is 0. The van der Waals surface area contributed by atoms with Crippen LogP contribution >= 0.6 is 23.2 Å². The summed E-state index contributed by atoms with van der Waals surface area (Å²) >= 11 is 12.0. The quantitative estimate of drug-likeness (QED) is 0.772. The molecule has 0 atom stereocenters. The topological polar surface area (TPSA) is 78.5 Å². The zero-order valence-electron chi connectivity index (χ0n) is 13.6. The van der Waals surface area contributed by atoms with Crippen LogP contribution in [0.5, 0.6) is 0 Å². The minimum atomic E-state index is -0.786.